The van der Waals surface area contributed by atoms with Gasteiger partial charge in [-0.2, -0.15) is 0 Å². The van der Waals surface area contributed by atoms with Gasteiger partial charge in [-0.05, 0) is 61.0 Å². The number of hydrogen-bond donors (Lipinski definition) is 1. The van der Waals surface area contributed by atoms with E-state index in [9.17, 15) is 13.2 Å². The first kappa shape index (κ1) is 27.4. The van der Waals surface area contributed by atoms with Crippen LogP contribution in [0.5, 0.6) is 17.2 Å². The highest BCUT2D eigenvalue weighted by Crippen LogP contribution is 2.32. The summed E-state index contributed by atoms with van der Waals surface area (Å²) in [6, 6.07) is 15.7. The van der Waals surface area contributed by atoms with Gasteiger partial charge < -0.3 is 19.5 Å². The fraction of sp³-hybridized carbons (Fsp3) is 0.240. The lowest BCUT2D eigenvalue weighted by atomic mass is 10.2. The first-order valence-corrected chi connectivity index (χ1v) is 13.0. The van der Waals surface area contributed by atoms with E-state index in [1.165, 1.54) is 44.6 Å². The quantitative estimate of drug-likeness (QED) is 0.346. The predicted octanol–water partition coefficient (Wildman–Crippen LogP) is 4.71. The molecule has 0 saturated heterocycles. The van der Waals surface area contributed by atoms with Crippen LogP contribution in [0.2, 0.25) is 10.0 Å². The molecule has 3 rings (SSSR count). The molecule has 11 heteroatoms. The van der Waals surface area contributed by atoms with Crippen LogP contribution in [0, 0.1) is 6.92 Å². The van der Waals surface area contributed by atoms with Gasteiger partial charge in [0.2, 0.25) is 5.91 Å². The molecule has 0 aliphatic rings. The number of nitrogens with zero attached hydrogens (tertiary/aromatic N) is 1. The Kier molecular flexibility index (Phi) is 9.31. The number of amides is 1. The van der Waals surface area contributed by atoms with Crippen molar-refractivity contribution >= 4 is 44.8 Å². The van der Waals surface area contributed by atoms with Crippen LogP contribution in [0.25, 0.3) is 0 Å². The molecule has 0 spiro atoms. The molecule has 1 amide bonds. The normalized spacial score (nSPS) is 11.0. The minimum absolute atomic E-state index is 0.0671. The van der Waals surface area contributed by atoms with Gasteiger partial charge in [0.1, 0.15) is 18.9 Å². The standard InChI is InChI=1S/C25H26Cl2N2O6S/c1-17-4-9-20(14-22(17)27)35-13-12-28-25(30)16-29(19-7-5-18(26)6-8-19)36(31,32)21-10-11-23(33-2)24(15-21)34-3/h4-11,14-15H,12-13,16H2,1-3H3,(H,28,30). The minimum atomic E-state index is -4.15. The Morgan fingerprint density at radius 1 is 0.944 bits per heavy atom. The first-order valence-electron chi connectivity index (χ1n) is 10.8. The van der Waals surface area contributed by atoms with Gasteiger partial charge in [-0.15, -0.1) is 0 Å². The van der Waals surface area contributed by atoms with Crippen LogP contribution in [-0.4, -0.2) is 48.2 Å². The molecule has 0 fully saturated rings. The summed E-state index contributed by atoms with van der Waals surface area (Å²) < 4.78 is 44.2. The van der Waals surface area contributed by atoms with Crippen LogP contribution >= 0.6 is 23.2 Å². The third kappa shape index (κ3) is 6.75. The molecule has 0 unspecified atom stereocenters. The van der Waals surface area contributed by atoms with Gasteiger partial charge in [0.15, 0.2) is 11.5 Å². The molecule has 8 nitrogen and oxygen atoms in total. The fourth-order valence-corrected chi connectivity index (χ4v) is 4.97. The van der Waals surface area contributed by atoms with Gasteiger partial charge in [-0.25, -0.2) is 8.42 Å². The molecule has 1 N–H and O–H groups in total. The summed E-state index contributed by atoms with van der Waals surface area (Å²) in [5.74, 6) is 0.674. The molecule has 0 aromatic heterocycles. The molecule has 0 radical (unpaired) electrons. The van der Waals surface area contributed by atoms with Gasteiger partial charge in [-0.1, -0.05) is 29.3 Å². The van der Waals surface area contributed by atoms with Crippen molar-refractivity contribution in [2.45, 2.75) is 11.8 Å². The van der Waals surface area contributed by atoms with Gasteiger partial charge in [-0.3, -0.25) is 9.10 Å². The van der Waals surface area contributed by atoms with Crippen LogP contribution in [0.4, 0.5) is 5.69 Å². The Morgan fingerprint density at radius 3 is 2.28 bits per heavy atom. The van der Waals surface area contributed by atoms with E-state index in [-0.39, 0.29) is 29.5 Å². The molecule has 3 aromatic rings. The number of hydrogen-bond acceptors (Lipinski definition) is 6. The molecule has 192 valence electrons. The number of nitrogens with one attached hydrogen (secondary N) is 1. The average molecular weight is 553 g/mol. The number of anilines is 1. The number of halogens is 2. The van der Waals surface area contributed by atoms with Gasteiger partial charge in [0, 0.05) is 16.1 Å². The van der Waals surface area contributed by atoms with E-state index < -0.39 is 22.5 Å². The summed E-state index contributed by atoms with van der Waals surface area (Å²) in [5, 5.41) is 3.69. The second kappa shape index (κ2) is 12.2. The highest BCUT2D eigenvalue weighted by atomic mass is 35.5. The third-order valence-corrected chi connectivity index (χ3v) is 7.61. The van der Waals surface area contributed by atoms with E-state index in [4.69, 9.17) is 37.4 Å². The molecule has 0 aliphatic heterocycles. The van der Waals surface area contributed by atoms with Gasteiger partial charge in [0.05, 0.1) is 31.3 Å². The zero-order chi connectivity index (χ0) is 26.3. The maximum atomic E-state index is 13.6. The Labute approximate surface area is 220 Å². The molecule has 0 aliphatic carbocycles. The molecular formula is C25H26Cl2N2O6S. The summed E-state index contributed by atoms with van der Waals surface area (Å²) in [7, 11) is -1.29. The lowest BCUT2D eigenvalue weighted by Gasteiger charge is -2.24. The number of benzene rings is 3. The van der Waals surface area contributed by atoms with Crippen LogP contribution in [0.3, 0.4) is 0 Å². The highest BCUT2D eigenvalue weighted by molar-refractivity contribution is 7.92. The van der Waals surface area contributed by atoms with Gasteiger partial charge in [0.25, 0.3) is 10.0 Å². The summed E-state index contributed by atoms with van der Waals surface area (Å²) in [6.07, 6.45) is 0. The largest absolute Gasteiger partial charge is 0.493 e. The molecule has 3 aromatic carbocycles. The van der Waals surface area contributed by atoms with Crippen molar-refractivity contribution in [3.63, 3.8) is 0 Å². The van der Waals surface area contributed by atoms with Crippen LogP contribution in [0.15, 0.2) is 65.6 Å². The maximum Gasteiger partial charge on any atom is 0.264 e. The maximum absolute atomic E-state index is 13.6. The Morgan fingerprint density at radius 2 is 1.64 bits per heavy atom. The smallest absolute Gasteiger partial charge is 0.264 e. The number of carbonyl (C=O) groups is 1. The molecule has 0 atom stereocenters. The van der Waals surface area contributed by atoms with Crippen LogP contribution in [0.1, 0.15) is 5.56 Å². The number of carbonyl (C=O) groups excluding carboxylic acids is 1. The molecule has 36 heavy (non-hydrogen) atoms. The molecule has 0 heterocycles. The number of sulfonamides is 1. The SMILES string of the molecule is COc1ccc(S(=O)(=O)N(CC(=O)NCCOc2ccc(C)c(Cl)c2)c2ccc(Cl)cc2)cc1OC. The third-order valence-electron chi connectivity index (χ3n) is 5.18. The molecule has 0 bridgehead atoms. The van der Waals surface area contributed by atoms with Crippen molar-refractivity contribution in [2.24, 2.45) is 0 Å². The Bertz CT molecular complexity index is 1320. The Hall–Kier alpha value is -3.14. The predicted molar refractivity (Wildman–Crippen MR) is 140 cm³/mol. The average Bonchev–Trinajstić information content (AvgIpc) is 2.87. The van der Waals surface area contributed by atoms with E-state index in [0.29, 0.717) is 21.5 Å². The zero-order valence-electron chi connectivity index (χ0n) is 20.0. The second-order valence-electron chi connectivity index (χ2n) is 7.61. The van der Waals surface area contributed by atoms with Crippen molar-refractivity contribution in [2.75, 3.05) is 38.2 Å². The number of aryl methyl sites for hydroxylation is 1. The Balaban J connectivity index is 1.75. The van der Waals surface area contributed by atoms with Gasteiger partial charge >= 0.3 is 0 Å². The number of methoxy groups -OCH3 is 2. The minimum Gasteiger partial charge on any atom is -0.493 e. The highest BCUT2D eigenvalue weighted by Gasteiger charge is 2.28. The van der Waals surface area contributed by atoms with E-state index in [2.05, 4.69) is 5.32 Å². The lowest BCUT2D eigenvalue weighted by Crippen LogP contribution is -2.41. The van der Waals surface area contributed by atoms with Crippen molar-refractivity contribution in [3.05, 3.63) is 76.3 Å². The van der Waals surface area contributed by atoms with E-state index >= 15 is 0 Å². The summed E-state index contributed by atoms with van der Waals surface area (Å²) >= 11 is 12.1. The first-order chi connectivity index (χ1) is 17.1. The molecular weight excluding hydrogens is 527 g/mol. The van der Waals surface area contributed by atoms with Crippen molar-refractivity contribution < 1.29 is 27.4 Å². The summed E-state index contributed by atoms with van der Waals surface area (Å²) in [5.41, 5.74) is 1.20. The number of ether oxygens (including phenoxy) is 3. The van der Waals surface area contributed by atoms with Crippen molar-refractivity contribution in [1.29, 1.82) is 0 Å². The monoisotopic (exact) mass is 552 g/mol. The van der Waals surface area contributed by atoms with Crippen LogP contribution in [-0.2, 0) is 14.8 Å². The topological polar surface area (TPSA) is 94.2 Å². The molecule has 0 saturated carbocycles. The fourth-order valence-electron chi connectivity index (χ4n) is 3.24. The van der Waals surface area contributed by atoms with E-state index in [0.717, 1.165) is 9.87 Å². The van der Waals surface area contributed by atoms with Crippen molar-refractivity contribution in [1.82, 2.24) is 5.32 Å². The number of rotatable bonds is 11. The van der Waals surface area contributed by atoms with E-state index in [1.54, 1.807) is 24.3 Å². The summed E-state index contributed by atoms with van der Waals surface area (Å²) in [6.45, 7) is 1.76. The van der Waals surface area contributed by atoms with Crippen molar-refractivity contribution in [3.8, 4) is 17.2 Å². The van der Waals surface area contributed by atoms with E-state index in [1.807, 2.05) is 13.0 Å². The zero-order valence-corrected chi connectivity index (χ0v) is 22.3. The summed E-state index contributed by atoms with van der Waals surface area (Å²) in [4.78, 5) is 12.7. The van der Waals surface area contributed by atoms with Crippen LogP contribution < -0.4 is 23.8 Å². The second-order valence-corrected chi connectivity index (χ2v) is 10.3. The lowest BCUT2D eigenvalue weighted by molar-refractivity contribution is -0.119.